The first-order chi connectivity index (χ1) is 19.6. The van der Waals surface area contributed by atoms with E-state index in [0.29, 0.717) is 39.2 Å². The molecule has 4 aromatic rings. The van der Waals surface area contributed by atoms with Gasteiger partial charge >= 0.3 is 0 Å². The molecule has 0 radical (unpaired) electrons. The molecule has 3 heterocycles. The highest BCUT2D eigenvalue weighted by atomic mass is 32.2. The lowest BCUT2D eigenvalue weighted by molar-refractivity contribution is 0.0950. The minimum atomic E-state index is -3.40. The summed E-state index contributed by atoms with van der Waals surface area (Å²) in [5.74, 6) is 5.66. The highest BCUT2D eigenvalue weighted by Crippen LogP contribution is 2.39. The maximum atomic E-state index is 13.5. The number of aromatic nitrogens is 2. The number of benzene rings is 2. The third-order valence-corrected chi connectivity index (χ3v) is 7.05. The monoisotopic (exact) mass is 569 g/mol. The standard InChI is InChI=1S/C29H27N7O4S/c1-18(34-28(37)24-25-20(11-7-15-31-25)17-32-26(24)30)27-35-22-14-6-9-19(10-8-16-33-41(2,39)40)23(22)29(38)36(27)21-12-4-3-5-13-21/h3-7,9,11-15,17-18,29,33,38H,16H2,1-2H3,(H2,30,32)(H,34,37). The highest BCUT2D eigenvalue weighted by molar-refractivity contribution is 7.88. The molecule has 11 nitrogen and oxygen atoms in total. The number of carbonyl (C=O) groups is 1. The van der Waals surface area contributed by atoms with E-state index < -0.39 is 28.2 Å². The summed E-state index contributed by atoms with van der Waals surface area (Å²) < 4.78 is 25.1. The number of sulfonamides is 1. The van der Waals surface area contributed by atoms with Crippen LogP contribution in [-0.4, -0.2) is 54.1 Å². The fourth-order valence-corrected chi connectivity index (χ4v) is 4.88. The molecule has 0 spiro atoms. The Kier molecular flexibility index (Phi) is 7.67. The molecule has 2 aromatic heterocycles. The number of aliphatic imine (C=N–C) groups is 1. The Morgan fingerprint density at radius 1 is 1.12 bits per heavy atom. The number of aliphatic hydroxyl groups is 1. The molecule has 2 unspecified atom stereocenters. The number of anilines is 2. The van der Waals surface area contributed by atoms with Crippen LogP contribution in [0.4, 0.5) is 17.2 Å². The summed E-state index contributed by atoms with van der Waals surface area (Å²) in [6.45, 7) is 1.67. The molecule has 1 aliphatic rings. The van der Waals surface area contributed by atoms with E-state index in [-0.39, 0.29) is 17.9 Å². The molecule has 2 aromatic carbocycles. The van der Waals surface area contributed by atoms with E-state index in [1.165, 1.54) is 0 Å². The number of nitrogens with one attached hydrogen (secondary N) is 2. The molecular weight excluding hydrogens is 542 g/mol. The van der Waals surface area contributed by atoms with E-state index in [1.807, 2.05) is 30.3 Å². The Labute approximate surface area is 237 Å². The number of nitrogens with zero attached hydrogens (tertiary/aromatic N) is 4. The summed E-state index contributed by atoms with van der Waals surface area (Å²) >= 11 is 0. The van der Waals surface area contributed by atoms with Gasteiger partial charge in [0.05, 0.1) is 30.0 Å². The van der Waals surface area contributed by atoms with E-state index in [1.54, 1.807) is 54.5 Å². The average molecular weight is 570 g/mol. The second-order valence-electron chi connectivity index (χ2n) is 9.34. The molecular formula is C29H27N7O4S. The first-order valence-electron chi connectivity index (χ1n) is 12.6. The van der Waals surface area contributed by atoms with Crippen LogP contribution in [0.2, 0.25) is 0 Å². The number of rotatable bonds is 6. The molecule has 208 valence electrons. The van der Waals surface area contributed by atoms with Crippen molar-refractivity contribution in [3.8, 4) is 11.8 Å². The summed E-state index contributed by atoms with van der Waals surface area (Å²) in [6, 6.07) is 17.2. The van der Waals surface area contributed by atoms with Crippen LogP contribution in [0.3, 0.4) is 0 Å². The first kappa shape index (κ1) is 27.7. The Morgan fingerprint density at radius 2 is 1.90 bits per heavy atom. The van der Waals surface area contributed by atoms with Gasteiger partial charge in [-0.15, -0.1) is 0 Å². The van der Waals surface area contributed by atoms with Crippen molar-refractivity contribution >= 4 is 49.9 Å². The van der Waals surface area contributed by atoms with Crippen molar-refractivity contribution in [3.05, 3.63) is 89.7 Å². The van der Waals surface area contributed by atoms with Crippen molar-refractivity contribution in [1.82, 2.24) is 20.0 Å². The molecule has 41 heavy (non-hydrogen) atoms. The van der Waals surface area contributed by atoms with Crippen molar-refractivity contribution in [2.45, 2.75) is 19.2 Å². The van der Waals surface area contributed by atoms with E-state index in [0.717, 1.165) is 6.26 Å². The van der Waals surface area contributed by atoms with Crippen LogP contribution < -0.4 is 20.7 Å². The molecule has 1 amide bonds. The van der Waals surface area contributed by atoms with Gasteiger partial charge < -0.3 is 16.2 Å². The lowest BCUT2D eigenvalue weighted by atomic mass is 9.99. The van der Waals surface area contributed by atoms with Gasteiger partial charge in [0.15, 0.2) is 6.23 Å². The lowest BCUT2D eigenvalue weighted by Crippen LogP contribution is -2.50. The topological polar surface area (TPSA) is 163 Å². The number of nitrogen functional groups attached to an aromatic ring is 1. The molecule has 1 aliphatic heterocycles. The van der Waals surface area contributed by atoms with E-state index in [4.69, 9.17) is 10.7 Å². The van der Waals surface area contributed by atoms with Gasteiger partial charge in [0, 0.05) is 34.6 Å². The first-order valence-corrected chi connectivity index (χ1v) is 14.5. The lowest BCUT2D eigenvalue weighted by Gasteiger charge is -2.38. The third kappa shape index (κ3) is 5.87. The summed E-state index contributed by atoms with van der Waals surface area (Å²) in [4.78, 5) is 28.4. The van der Waals surface area contributed by atoms with E-state index >= 15 is 0 Å². The predicted molar refractivity (Wildman–Crippen MR) is 158 cm³/mol. The number of hydrogen-bond acceptors (Lipinski definition) is 9. The molecule has 0 bridgehead atoms. The number of carbonyl (C=O) groups excluding carboxylic acids is 1. The summed E-state index contributed by atoms with van der Waals surface area (Å²) in [6.07, 6.45) is 2.98. The molecule has 5 rings (SSSR count). The van der Waals surface area contributed by atoms with Crippen LogP contribution in [0.5, 0.6) is 0 Å². The molecule has 2 atom stereocenters. The van der Waals surface area contributed by atoms with Crippen LogP contribution in [0, 0.1) is 11.8 Å². The molecule has 0 saturated carbocycles. The summed E-state index contributed by atoms with van der Waals surface area (Å²) in [7, 11) is -3.40. The number of hydrogen-bond donors (Lipinski definition) is 4. The molecule has 5 N–H and O–H groups in total. The quantitative estimate of drug-likeness (QED) is 0.257. The average Bonchev–Trinajstić information content (AvgIpc) is 2.95. The second-order valence-corrected chi connectivity index (χ2v) is 11.2. The Balaban J connectivity index is 1.54. The van der Waals surface area contributed by atoms with Crippen LogP contribution in [0.1, 0.15) is 34.6 Å². The fourth-order valence-electron chi connectivity index (χ4n) is 4.55. The van der Waals surface area contributed by atoms with Crippen LogP contribution in [0.25, 0.3) is 10.9 Å². The summed E-state index contributed by atoms with van der Waals surface area (Å²) in [5.41, 5.74) is 8.73. The zero-order valence-electron chi connectivity index (χ0n) is 22.2. The zero-order chi connectivity index (χ0) is 29.1. The minimum absolute atomic E-state index is 0.0466. The Morgan fingerprint density at radius 3 is 2.66 bits per heavy atom. The van der Waals surface area contributed by atoms with Gasteiger partial charge in [0.2, 0.25) is 10.0 Å². The van der Waals surface area contributed by atoms with Gasteiger partial charge in [-0.2, -0.15) is 0 Å². The number of aliphatic hydroxyl groups excluding tert-OH is 1. The van der Waals surface area contributed by atoms with E-state index in [2.05, 4.69) is 31.8 Å². The van der Waals surface area contributed by atoms with Crippen molar-refractivity contribution in [2.24, 2.45) is 4.99 Å². The second kappa shape index (κ2) is 11.3. The van der Waals surface area contributed by atoms with E-state index in [9.17, 15) is 18.3 Å². The van der Waals surface area contributed by atoms with Gasteiger partial charge in [-0.3, -0.25) is 14.7 Å². The molecule has 0 saturated heterocycles. The van der Waals surface area contributed by atoms with Gasteiger partial charge in [-0.1, -0.05) is 36.1 Å². The van der Waals surface area contributed by atoms with Gasteiger partial charge in [-0.25, -0.2) is 23.1 Å². The van der Waals surface area contributed by atoms with Gasteiger partial charge in [-0.05, 0) is 43.3 Å². The van der Waals surface area contributed by atoms with Crippen LogP contribution in [-0.2, 0) is 10.0 Å². The smallest absolute Gasteiger partial charge is 0.257 e. The SMILES string of the molecule is CC(NC(=O)c1c(N)ncc2cccnc12)C1=Nc2cccc(C#CCNS(C)(=O)=O)c2C(O)N1c1ccccc1. The Bertz CT molecular complexity index is 1830. The Hall–Kier alpha value is -4.83. The highest BCUT2D eigenvalue weighted by Gasteiger charge is 2.34. The number of amidine groups is 1. The number of para-hydroxylation sites is 1. The largest absolute Gasteiger partial charge is 0.383 e. The number of nitrogens with two attached hydrogens (primary N) is 1. The normalized spacial score (nSPS) is 15.3. The maximum absolute atomic E-state index is 13.5. The van der Waals surface area contributed by atoms with Crippen LogP contribution >= 0.6 is 0 Å². The number of fused-ring (bicyclic) bond motifs is 2. The van der Waals surface area contributed by atoms with Gasteiger partial charge in [0.1, 0.15) is 17.2 Å². The van der Waals surface area contributed by atoms with Crippen molar-refractivity contribution in [1.29, 1.82) is 0 Å². The molecule has 0 fully saturated rings. The summed E-state index contributed by atoms with van der Waals surface area (Å²) in [5, 5.41) is 15.3. The minimum Gasteiger partial charge on any atom is -0.383 e. The van der Waals surface area contributed by atoms with Crippen molar-refractivity contribution in [2.75, 3.05) is 23.4 Å². The van der Waals surface area contributed by atoms with Crippen LogP contribution in [0.15, 0.2) is 78.0 Å². The third-order valence-electron chi connectivity index (χ3n) is 6.38. The van der Waals surface area contributed by atoms with Crippen molar-refractivity contribution in [3.63, 3.8) is 0 Å². The maximum Gasteiger partial charge on any atom is 0.257 e. The predicted octanol–water partition coefficient (Wildman–Crippen LogP) is 2.47. The van der Waals surface area contributed by atoms with Gasteiger partial charge in [0.25, 0.3) is 5.91 Å². The van der Waals surface area contributed by atoms with Crippen molar-refractivity contribution < 1.29 is 18.3 Å². The number of pyridine rings is 2. The zero-order valence-corrected chi connectivity index (χ0v) is 23.1. The molecule has 12 heteroatoms. The molecule has 0 aliphatic carbocycles. The fraction of sp³-hybridized carbons (Fsp3) is 0.172. The number of amides is 1.